The summed E-state index contributed by atoms with van der Waals surface area (Å²) < 4.78 is 16.8. The lowest BCUT2D eigenvalue weighted by Crippen LogP contribution is -2.30. The van der Waals surface area contributed by atoms with Crippen molar-refractivity contribution in [1.29, 1.82) is 0 Å². The Bertz CT molecular complexity index is 1210. The molecular formula is C58H100O6. The molecule has 0 aliphatic heterocycles. The number of esters is 3. The fraction of sp³-hybridized carbons (Fsp3) is 0.741. The Morgan fingerprint density at radius 1 is 0.328 bits per heavy atom. The van der Waals surface area contributed by atoms with Crippen LogP contribution in [-0.4, -0.2) is 37.2 Å². The maximum atomic E-state index is 12.8. The largest absolute Gasteiger partial charge is 0.462 e. The lowest BCUT2D eigenvalue weighted by atomic mass is 10.1. The molecule has 0 aromatic carbocycles. The third kappa shape index (κ3) is 49.9. The third-order valence-corrected chi connectivity index (χ3v) is 11.4. The van der Waals surface area contributed by atoms with Crippen LogP contribution in [0.4, 0.5) is 0 Å². The fourth-order valence-electron chi connectivity index (χ4n) is 7.36. The SMILES string of the molecule is CC/C=C\C/C=C\C/C=C\C/C=C\CCCCCCCCC(=O)OCC(COC(=O)CCCCC/C=C\CCCCCCCC)OC(=O)CCCCC/C=C\CCCCCCCCC. The van der Waals surface area contributed by atoms with E-state index in [9.17, 15) is 14.4 Å². The first kappa shape index (κ1) is 60.9. The van der Waals surface area contributed by atoms with Gasteiger partial charge < -0.3 is 14.2 Å². The summed E-state index contributed by atoms with van der Waals surface area (Å²) in [5.41, 5.74) is 0. The number of unbranched alkanes of at least 4 members (excludes halogenated alkanes) is 25. The molecule has 0 heterocycles. The van der Waals surface area contributed by atoms with Crippen molar-refractivity contribution in [1.82, 2.24) is 0 Å². The minimum absolute atomic E-state index is 0.0935. The van der Waals surface area contributed by atoms with E-state index in [0.717, 1.165) is 116 Å². The maximum absolute atomic E-state index is 12.8. The van der Waals surface area contributed by atoms with Crippen LogP contribution in [0.15, 0.2) is 72.9 Å². The van der Waals surface area contributed by atoms with Gasteiger partial charge in [-0.1, -0.05) is 203 Å². The summed E-state index contributed by atoms with van der Waals surface area (Å²) >= 11 is 0. The second kappa shape index (κ2) is 52.5. The molecule has 368 valence electrons. The molecule has 0 fully saturated rings. The zero-order chi connectivity index (χ0) is 46.5. The van der Waals surface area contributed by atoms with Crippen LogP contribution in [0.2, 0.25) is 0 Å². The van der Waals surface area contributed by atoms with Gasteiger partial charge in [-0.05, 0) is 109 Å². The molecule has 0 aromatic heterocycles. The maximum Gasteiger partial charge on any atom is 0.306 e. The Balaban J connectivity index is 4.42. The molecule has 0 saturated heterocycles. The van der Waals surface area contributed by atoms with Gasteiger partial charge in [0.25, 0.3) is 0 Å². The number of hydrogen-bond donors (Lipinski definition) is 0. The van der Waals surface area contributed by atoms with E-state index in [1.54, 1.807) is 0 Å². The van der Waals surface area contributed by atoms with Gasteiger partial charge >= 0.3 is 17.9 Å². The summed E-state index contributed by atoms with van der Waals surface area (Å²) in [5.74, 6) is -0.935. The molecule has 64 heavy (non-hydrogen) atoms. The summed E-state index contributed by atoms with van der Waals surface area (Å²) in [6, 6.07) is 0. The van der Waals surface area contributed by atoms with Crippen molar-refractivity contribution in [2.24, 2.45) is 0 Å². The van der Waals surface area contributed by atoms with E-state index in [4.69, 9.17) is 14.2 Å². The normalized spacial score (nSPS) is 12.6. The van der Waals surface area contributed by atoms with Crippen LogP contribution in [0.1, 0.15) is 258 Å². The van der Waals surface area contributed by atoms with Gasteiger partial charge in [0.2, 0.25) is 0 Å². The highest BCUT2D eigenvalue weighted by Gasteiger charge is 2.19. The molecule has 0 aliphatic rings. The van der Waals surface area contributed by atoms with Crippen molar-refractivity contribution >= 4 is 17.9 Å². The summed E-state index contributed by atoms with van der Waals surface area (Å²) in [6.07, 6.45) is 66.0. The summed E-state index contributed by atoms with van der Waals surface area (Å²) in [6.45, 7) is 6.48. The lowest BCUT2D eigenvalue weighted by molar-refractivity contribution is -0.167. The van der Waals surface area contributed by atoms with E-state index in [0.29, 0.717) is 19.3 Å². The van der Waals surface area contributed by atoms with Crippen molar-refractivity contribution in [3.63, 3.8) is 0 Å². The lowest BCUT2D eigenvalue weighted by Gasteiger charge is -2.18. The number of carbonyl (C=O) groups excluding carboxylic acids is 3. The van der Waals surface area contributed by atoms with Crippen LogP contribution in [0.25, 0.3) is 0 Å². The minimum Gasteiger partial charge on any atom is -0.462 e. The van der Waals surface area contributed by atoms with Crippen molar-refractivity contribution < 1.29 is 28.6 Å². The molecule has 0 bridgehead atoms. The van der Waals surface area contributed by atoms with Gasteiger partial charge in [-0.15, -0.1) is 0 Å². The Hall–Kier alpha value is -3.15. The highest BCUT2D eigenvalue weighted by atomic mass is 16.6. The summed E-state index contributed by atoms with van der Waals surface area (Å²) in [4.78, 5) is 38.0. The van der Waals surface area contributed by atoms with Gasteiger partial charge in [0, 0.05) is 19.3 Å². The van der Waals surface area contributed by atoms with Crippen molar-refractivity contribution in [3.8, 4) is 0 Å². The minimum atomic E-state index is -0.794. The first-order chi connectivity index (χ1) is 31.5. The summed E-state index contributed by atoms with van der Waals surface area (Å²) in [7, 11) is 0. The highest BCUT2D eigenvalue weighted by Crippen LogP contribution is 2.14. The molecule has 1 unspecified atom stereocenters. The molecule has 6 heteroatoms. The van der Waals surface area contributed by atoms with Crippen molar-refractivity contribution in [3.05, 3.63) is 72.9 Å². The summed E-state index contributed by atoms with van der Waals surface area (Å²) in [5, 5.41) is 0. The quantitative estimate of drug-likeness (QED) is 0.0262. The molecular weight excluding hydrogens is 793 g/mol. The Kier molecular flexibility index (Phi) is 49.9. The molecule has 0 spiro atoms. The molecule has 0 radical (unpaired) electrons. The first-order valence-corrected chi connectivity index (χ1v) is 26.9. The highest BCUT2D eigenvalue weighted by molar-refractivity contribution is 5.71. The number of ether oxygens (including phenoxy) is 3. The smallest absolute Gasteiger partial charge is 0.306 e. The van der Waals surface area contributed by atoms with Gasteiger partial charge in [0.1, 0.15) is 13.2 Å². The Morgan fingerprint density at radius 2 is 0.609 bits per heavy atom. The third-order valence-electron chi connectivity index (χ3n) is 11.4. The first-order valence-electron chi connectivity index (χ1n) is 26.9. The fourth-order valence-corrected chi connectivity index (χ4v) is 7.36. The molecule has 0 amide bonds. The Morgan fingerprint density at radius 3 is 0.984 bits per heavy atom. The van der Waals surface area contributed by atoms with Gasteiger partial charge in [0.05, 0.1) is 0 Å². The van der Waals surface area contributed by atoms with Crippen molar-refractivity contribution in [2.45, 2.75) is 264 Å². The zero-order valence-corrected chi connectivity index (χ0v) is 42.0. The predicted molar refractivity (Wildman–Crippen MR) is 274 cm³/mol. The van der Waals surface area contributed by atoms with Crippen LogP contribution in [0.3, 0.4) is 0 Å². The predicted octanol–water partition coefficient (Wildman–Crippen LogP) is 17.8. The zero-order valence-electron chi connectivity index (χ0n) is 42.0. The molecule has 1 atom stereocenters. The Labute approximate surface area is 395 Å². The molecule has 0 aromatic rings. The molecule has 0 aliphatic carbocycles. The second-order valence-corrected chi connectivity index (χ2v) is 17.7. The van der Waals surface area contributed by atoms with Gasteiger partial charge in [-0.2, -0.15) is 0 Å². The molecule has 6 nitrogen and oxygen atoms in total. The number of hydrogen-bond acceptors (Lipinski definition) is 6. The standard InChI is InChI=1S/C58H100O6/c1-4-7-10-13-16-19-22-25-27-28-29-30-31-34-36-39-42-45-48-51-57(60)63-54-55(53-62-56(59)50-47-44-41-38-35-32-24-21-18-15-12-9-6-3)64-58(61)52-49-46-43-40-37-33-26-23-20-17-14-11-8-5-2/h7,10,16,19,25,27,29-30,32-33,35,37,55H,4-6,8-9,11-15,17-18,20-24,26,28,31,34,36,38-54H2,1-3H3/b10-7-,19-16-,27-25-,30-29-,35-32-,37-33-. The van der Waals surface area contributed by atoms with E-state index in [1.165, 1.54) is 103 Å². The molecule has 0 rings (SSSR count). The number of rotatable bonds is 48. The number of carbonyl (C=O) groups is 3. The van der Waals surface area contributed by atoms with Crippen LogP contribution in [0.5, 0.6) is 0 Å². The van der Waals surface area contributed by atoms with E-state index in [1.807, 2.05) is 0 Å². The van der Waals surface area contributed by atoms with Crippen LogP contribution < -0.4 is 0 Å². The average molecular weight is 893 g/mol. The topological polar surface area (TPSA) is 78.9 Å². The molecule has 0 N–H and O–H groups in total. The van der Waals surface area contributed by atoms with E-state index in [2.05, 4.69) is 93.7 Å². The van der Waals surface area contributed by atoms with E-state index >= 15 is 0 Å². The van der Waals surface area contributed by atoms with E-state index in [-0.39, 0.29) is 31.1 Å². The average Bonchev–Trinajstić information content (AvgIpc) is 3.29. The molecule has 0 saturated carbocycles. The van der Waals surface area contributed by atoms with Gasteiger partial charge in [-0.25, -0.2) is 0 Å². The number of allylic oxidation sites excluding steroid dienone is 12. The van der Waals surface area contributed by atoms with Crippen molar-refractivity contribution in [2.75, 3.05) is 13.2 Å². The monoisotopic (exact) mass is 893 g/mol. The van der Waals surface area contributed by atoms with Gasteiger partial charge in [0.15, 0.2) is 6.10 Å². The van der Waals surface area contributed by atoms with Crippen LogP contribution >= 0.6 is 0 Å². The second-order valence-electron chi connectivity index (χ2n) is 17.7. The van der Waals surface area contributed by atoms with Crippen LogP contribution in [0, 0.1) is 0 Å². The van der Waals surface area contributed by atoms with E-state index < -0.39 is 6.10 Å². The van der Waals surface area contributed by atoms with Crippen LogP contribution in [-0.2, 0) is 28.6 Å². The van der Waals surface area contributed by atoms with Gasteiger partial charge in [-0.3, -0.25) is 14.4 Å².